The van der Waals surface area contributed by atoms with Crippen LogP contribution in [0.5, 0.6) is 0 Å². The number of anilines is 1. The van der Waals surface area contributed by atoms with Crippen LogP contribution in [0.3, 0.4) is 0 Å². The highest BCUT2D eigenvalue weighted by Crippen LogP contribution is 2.30. The molecule has 158 valence electrons. The van der Waals surface area contributed by atoms with Gasteiger partial charge in [0.2, 0.25) is 5.95 Å². The van der Waals surface area contributed by atoms with E-state index in [4.69, 9.17) is 0 Å². The number of nitrogens with zero attached hydrogens (tertiary/aromatic N) is 3. The minimum atomic E-state index is -0.0613. The molecule has 4 aromatic rings. The molecule has 0 radical (unpaired) electrons. The smallest absolute Gasteiger partial charge is 0.278 e. The number of benzene rings is 2. The molecule has 0 aliphatic carbocycles. The third kappa shape index (κ3) is 3.86. The molecule has 2 N–H and O–H groups in total. The first-order valence-corrected chi connectivity index (χ1v) is 10.7. The van der Waals surface area contributed by atoms with Crippen LogP contribution in [0.1, 0.15) is 17.9 Å². The van der Waals surface area contributed by atoms with Crippen molar-refractivity contribution < 1.29 is 0 Å². The minimum Gasteiger partial charge on any atom is -0.355 e. The van der Waals surface area contributed by atoms with Gasteiger partial charge in [-0.15, -0.1) is 0 Å². The van der Waals surface area contributed by atoms with E-state index in [1.54, 1.807) is 17.8 Å². The summed E-state index contributed by atoms with van der Waals surface area (Å²) in [6.45, 7) is 1.93. The second kappa shape index (κ2) is 8.04. The minimum absolute atomic E-state index is 0.0613. The molecule has 2 atom stereocenters. The number of aromatic amines is 1. The zero-order valence-electron chi connectivity index (χ0n) is 17.9. The quantitative estimate of drug-likeness (QED) is 0.534. The largest absolute Gasteiger partial charge is 0.355 e. The van der Waals surface area contributed by atoms with E-state index in [0.717, 1.165) is 19.5 Å². The van der Waals surface area contributed by atoms with Crippen molar-refractivity contribution in [3.8, 4) is 11.1 Å². The van der Waals surface area contributed by atoms with Gasteiger partial charge in [-0.2, -0.15) is 0 Å². The molecular formula is C25H27N5O. The van der Waals surface area contributed by atoms with E-state index < -0.39 is 0 Å². The van der Waals surface area contributed by atoms with Crippen LogP contribution < -0.4 is 10.9 Å². The number of nitrogens with one attached hydrogen (secondary N) is 2. The van der Waals surface area contributed by atoms with Gasteiger partial charge in [0.1, 0.15) is 5.52 Å². The molecular weight excluding hydrogens is 386 g/mol. The first-order valence-electron chi connectivity index (χ1n) is 10.7. The number of hydrogen-bond donors (Lipinski definition) is 2. The Morgan fingerprint density at radius 1 is 1.00 bits per heavy atom. The molecule has 2 aromatic heterocycles. The second-order valence-corrected chi connectivity index (χ2v) is 8.52. The second-order valence-electron chi connectivity index (χ2n) is 8.52. The summed E-state index contributed by atoms with van der Waals surface area (Å²) in [4.78, 5) is 22.6. The van der Waals surface area contributed by atoms with Crippen molar-refractivity contribution in [2.24, 2.45) is 7.05 Å². The first-order chi connectivity index (χ1) is 15.1. The van der Waals surface area contributed by atoms with Crippen LogP contribution in [-0.4, -0.2) is 45.6 Å². The Morgan fingerprint density at radius 2 is 1.81 bits per heavy atom. The monoisotopic (exact) mass is 413 g/mol. The summed E-state index contributed by atoms with van der Waals surface area (Å²) in [6, 6.07) is 21.4. The number of piperidine rings is 1. The van der Waals surface area contributed by atoms with Crippen molar-refractivity contribution in [3.63, 3.8) is 0 Å². The first kappa shape index (κ1) is 19.6. The molecule has 5 rings (SSSR count). The molecule has 1 saturated heterocycles. The molecule has 0 bridgehead atoms. The van der Waals surface area contributed by atoms with E-state index >= 15 is 0 Å². The SMILES string of the molecule is CN1C[C@H](Nc2nc3cc[nH]c3c(=O)n2C)C[C@H](c2cccc(-c3ccccc3)c2)C1. The van der Waals surface area contributed by atoms with Crippen LogP contribution in [0.4, 0.5) is 5.95 Å². The Morgan fingerprint density at radius 3 is 2.65 bits per heavy atom. The highest BCUT2D eigenvalue weighted by molar-refractivity contribution is 5.75. The maximum atomic E-state index is 12.6. The van der Waals surface area contributed by atoms with Gasteiger partial charge in [-0.25, -0.2) is 4.98 Å². The molecule has 0 amide bonds. The Balaban J connectivity index is 1.40. The van der Waals surface area contributed by atoms with Crippen molar-refractivity contribution >= 4 is 17.0 Å². The van der Waals surface area contributed by atoms with Crippen molar-refractivity contribution in [2.75, 3.05) is 25.5 Å². The summed E-state index contributed by atoms with van der Waals surface area (Å²) in [5, 5.41) is 3.54. The fraction of sp³-hybridized carbons (Fsp3) is 0.280. The molecule has 2 aromatic carbocycles. The number of hydrogen-bond acceptors (Lipinski definition) is 4. The maximum Gasteiger partial charge on any atom is 0.278 e. The average Bonchev–Trinajstić information content (AvgIpc) is 3.26. The Bertz CT molecular complexity index is 1260. The third-order valence-electron chi connectivity index (χ3n) is 6.22. The van der Waals surface area contributed by atoms with Crippen molar-refractivity contribution in [1.82, 2.24) is 19.4 Å². The molecule has 3 heterocycles. The van der Waals surface area contributed by atoms with Gasteiger partial charge in [0, 0.05) is 32.4 Å². The van der Waals surface area contributed by atoms with Gasteiger partial charge in [-0.1, -0.05) is 54.6 Å². The summed E-state index contributed by atoms with van der Waals surface area (Å²) in [5.74, 6) is 1.03. The number of H-pyrrole nitrogens is 1. The van der Waals surface area contributed by atoms with E-state index in [2.05, 4.69) is 75.8 Å². The lowest BCUT2D eigenvalue weighted by Gasteiger charge is -2.36. The Hall–Kier alpha value is -3.38. The van der Waals surface area contributed by atoms with Gasteiger partial charge in [0.25, 0.3) is 5.56 Å². The zero-order chi connectivity index (χ0) is 21.4. The molecule has 6 nitrogen and oxygen atoms in total. The molecule has 0 spiro atoms. The van der Waals surface area contributed by atoms with Crippen LogP contribution >= 0.6 is 0 Å². The molecule has 6 heteroatoms. The Kier molecular flexibility index (Phi) is 5.08. The van der Waals surface area contributed by atoms with Crippen LogP contribution in [0.25, 0.3) is 22.2 Å². The lowest BCUT2D eigenvalue weighted by Crippen LogP contribution is -2.44. The van der Waals surface area contributed by atoms with Gasteiger partial charge < -0.3 is 15.2 Å². The average molecular weight is 414 g/mol. The van der Waals surface area contributed by atoms with E-state index in [0.29, 0.717) is 22.9 Å². The summed E-state index contributed by atoms with van der Waals surface area (Å²) in [7, 11) is 3.93. The standard InChI is InChI=1S/C25H27N5O/c1-29-15-20(19-10-6-9-18(13-19)17-7-4-3-5-8-17)14-21(16-29)27-25-28-22-11-12-26-23(22)24(31)30(25)2/h3-13,20-21,26H,14-16H2,1-2H3,(H,27,28)/t20-,21+/m0/s1. The topological polar surface area (TPSA) is 66.0 Å². The number of aromatic nitrogens is 3. The summed E-state index contributed by atoms with van der Waals surface area (Å²) in [5.41, 5.74) is 5.02. The van der Waals surface area contributed by atoms with Crippen molar-refractivity contribution in [2.45, 2.75) is 18.4 Å². The highest BCUT2D eigenvalue weighted by atomic mass is 16.1. The van der Waals surface area contributed by atoms with Crippen LogP contribution in [-0.2, 0) is 7.05 Å². The molecule has 1 fully saturated rings. The van der Waals surface area contributed by atoms with E-state index in [9.17, 15) is 4.79 Å². The van der Waals surface area contributed by atoms with Crippen LogP contribution in [0, 0.1) is 0 Å². The predicted molar refractivity (Wildman–Crippen MR) is 125 cm³/mol. The van der Waals surface area contributed by atoms with Crippen LogP contribution in [0.2, 0.25) is 0 Å². The van der Waals surface area contributed by atoms with Gasteiger partial charge in [-0.05, 0) is 42.1 Å². The highest BCUT2D eigenvalue weighted by Gasteiger charge is 2.27. The maximum absolute atomic E-state index is 12.6. The summed E-state index contributed by atoms with van der Waals surface area (Å²) >= 11 is 0. The molecule has 1 aliphatic rings. The number of likely N-dealkylation sites (tertiary alicyclic amines) is 1. The van der Waals surface area contributed by atoms with Gasteiger partial charge in [-0.3, -0.25) is 9.36 Å². The fourth-order valence-electron chi connectivity index (χ4n) is 4.66. The molecule has 0 saturated carbocycles. The fourth-order valence-corrected chi connectivity index (χ4v) is 4.66. The van der Waals surface area contributed by atoms with Crippen molar-refractivity contribution in [3.05, 3.63) is 82.8 Å². The third-order valence-corrected chi connectivity index (χ3v) is 6.22. The predicted octanol–water partition coefficient (Wildman–Crippen LogP) is 3.83. The molecule has 1 aliphatic heterocycles. The van der Waals surface area contributed by atoms with Crippen LogP contribution in [0.15, 0.2) is 71.7 Å². The zero-order valence-corrected chi connectivity index (χ0v) is 17.9. The lowest BCUT2D eigenvalue weighted by molar-refractivity contribution is 0.235. The normalized spacial score (nSPS) is 19.5. The summed E-state index contributed by atoms with van der Waals surface area (Å²) < 4.78 is 1.60. The lowest BCUT2D eigenvalue weighted by atomic mass is 9.87. The van der Waals surface area contributed by atoms with Gasteiger partial charge in [0.15, 0.2) is 0 Å². The van der Waals surface area contributed by atoms with Gasteiger partial charge in [0.05, 0.1) is 5.52 Å². The number of likely N-dealkylation sites (N-methyl/N-ethyl adjacent to an activating group) is 1. The van der Waals surface area contributed by atoms with Gasteiger partial charge >= 0.3 is 0 Å². The van der Waals surface area contributed by atoms with E-state index in [1.807, 2.05) is 12.1 Å². The Labute approximate surface area is 181 Å². The number of fused-ring (bicyclic) bond motifs is 1. The van der Waals surface area contributed by atoms with Crippen molar-refractivity contribution in [1.29, 1.82) is 0 Å². The number of rotatable bonds is 4. The molecule has 31 heavy (non-hydrogen) atoms. The van der Waals surface area contributed by atoms with E-state index in [1.165, 1.54) is 16.7 Å². The molecule has 0 unspecified atom stereocenters. The van der Waals surface area contributed by atoms with E-state index in [-0.39, 0.29) is 11.6 Å². The summed E-state index contributed by atoms with van der Waals surface area (Å²) in [6.07, 6.45) is 2.75.